The van der Waals surface area contributed by atoms with E-state index in [-0.39, 0.29) is 42.6 Å². The average Bonchev–Trinajstić information content (AvgIpc) is 4.11. The summed E-state index contributed by atoms with van der Waals surface area (Å²) in [5.74, 6) is -0.169. The zero-order valence-electron chi connectivity index (χ0n) is 46.2. The molecule has 2 heterocycles. The molecule has 5 rings (SSSR count). The van der Waals surface area contributed by atoms with Gasteiger partial charge in [0.25, 0.3) is 5.69 Å². The number of carbonyl (C=O) groups excluding carboxylic acids is 1. The van der Waals surface area contributed by atoms with Crippen LogP contribution in [0.1, 0.15) is 41.6 Å². The molecule has 0 unspecified atom stereocenters. The van der Waals surface area contributed by atoms with Gasteiger partial charge in [0.15, 0.2) is 0 Å². The fourth-order valence-electron chi connectivity index (χ4n) is 8.53. The minimum absolute atomic E-state index is 0. The predicted molar refractivity (Wildman–Crippen MR) is 296 cm³/mol. The number of hydrogen-bond donors (Lipinski definition) is 1. The van der Waals surface area contributed by atoms with Crippen LogP contribution < -0.4 is 5.32 Å². The number of nitrogens with one attached hydrogen (secondary N) is 1. The lowest BCUT2D eigenvalue weighted by atomic mass is 10.0. The number of nitrogens with zero attached hydrogens (tertiary/aromatic N) is 4. The predicted octanol–water partition coefficient (Wildman–Crippen LogP) is 5.31. The number of carbonyl (C=O) groups is 1. The minimum atomic E-state index is -0.442. The number of para-hydroxylation sites is 1. The van der Waals surface area contributed by atoms with E-state index < -0.39 is 4.92 Å². The quantitative estimate of drug-likeness (QED) is 0.0435. The smallest absolute Gasteiger partial charge is 0.273 e. The number of methoxy groups -OCH3 is 2. The summed E-state index contributed by atoms with van der Waals surface area (Å²) in [5.41, 5.74) is 2.72. The molecule has 2 aliphatic heterocycles. The van der Waals surface area contributed by atoms with Gasteiger partial charge in [-0.25, -0.2) is 0 Å². The van der Waals surface area contributed by atoms with Gasteiger partial charge < -0.3 is 67.1 Å². The maximum atomic E-state index is 13.3. The van der Waals surface area contributed by atoms with Gasteiger partial charge in [0.1, 0.15) is 0 Å². The maximum Gasteiger partial charge on any atom is 0.273 e. The van der Waals surface area contributed by atoms with Crippen LogP contribution in [0.3, 0.4) is 0 Å². The third-order valence-electron chi connectivity index (χ3n) is 12.7. The maximum absolute atomic E-state index is 13.3. The van der Waals surface area contributed by atoms with Gasteiger partial charge in [0, 0.05) is 78.2 Å². The van der Waals surface area contributed by atoms with E-state index in [0.717, 1.165) is 51.1 Å². The first kappa shape index (κ1) is 67.5. The van der Waals surface area contributed by atoms with Crippen molar-refractivity contribution < 1.29 is 66.6 Å². The fourth-order valence-corrected chi connectivity index (χ4v) is 8.53. The van der Waals surface area contributed by atoms with E-state index in [1.54, 1.807) is 44.4 Å². The Morgan fingerprint density at radius 1 is 0.571 bits per heavy atom. The molecule has 3 aromatic carbocycles. The lowest BCUT2D eigenvalue weighted by molar-refractivity contribution is -0.385. The number of nitro benzene ring substituents is 1. The third-order valence-corrected chi connectivity index (χ3v) is 12.7. The number of benzene rings is 3. The van der Waals surface area contributed by atoms with E-state index in [0.29, 0.717) is 156 Å². The Hall–Kier alpha value is -3.78. The second kappa shape index (κ2) is 44.0. The van der Waals surface area contributed by atoms with E-state index in [9.17, 15) is 14.9 Å². The number of halogens is 1. The Labute approximate surface area is 464 Å². The SMILES string of the molecule is CN[C@H](CN1CC[C@H](OCCOCCOCCOCCOCCOC)C1)c1ccccc1.COCCOCCOCCOCCOCCO[C@H]1CCN(C[C@H](c2ccccc2)N(C)C(=O)Cc2ccccc2[N+](=O)[O-])C1.Cl. The molecule has 436 valence electrons. The minimum Gasteiger partial charge on any atom is -0.382 e. The second-order valence-electron chi connectivity index (χ2n) is 18.2. The monoisotopic (exact) mass is 1110 g/mol. The summed E-state index contributed by atoms with van der Waals surface area (Å²) in [4.78, 5) is 30.8. The Kier molecular flexibility index (Phi) is 38.6. The largest absolute Gasteiger partial charge is 0.382 e. The number of likely N-dealkylation sites (N-methyl/N-ethyl adjacent to an activating group) is 2. The summed E-state index contributed by atoms with van der Waals surface area (Å²) in [6.07, 6.45) is 2.32. The van der Waals surface area contributed by atoms with Crippen LogP contribution in [-0.4, -0.2) is 237 Å². The lowest BCUT2D eigenvalue weighted by Crippen LogP contribution is -2.39. The molecule has 0 aliphatic carbocycles. The highest BCUT2D eigenvalue weighted by Crippen LogP contribution is 2.26. The molecule has 2 saturated heterocycles. The van der Waals surface area contributed by atoms with Crippen molar-refractivity contribution in [2.75, 3.05) is 200 Å². The number of ether oxygens (including phenoxy) is 12. The lowest BCUT2D eigenvalue weighted by Gasteiger charge is -2.32. The summed E-state index contributed by atoms with van der Waals surface area (Å²) in [5, 5.41) is 14.9. The average molecular weight is 1110 g/mol. The van der Waals surface area contributed by atoms with Crippen LogP contribution in [-0.2, 0) is 68.1 Å². The zero-order valence-corrected chi connectivity index (χ0v) is 47.0. The van der Waals surface area contributed by atoms with E-state index in [4.69, 9.17) is 56.8 Å². The highest BCUT2D eigenvalue weighted by Gasteiger charge is 2.30. The summed E-state index contributed by atoms with van der Waals surface area (Å²) < 4.78 is 65.6. The molecular formula is C56H90ClN5O15. The van der Waals surface area contributed by atoms with Crippen LogP contribution in [0.15, 0.2) is 84.9 Å². The molecule has 0 saturated carbocycles. The van der Waals surface area contributed by atoms with E-state index >= 15 is 0 Å². The molecular weight excluding hydrogens is 1020 g/mol. The Morgan fingerprint density at radius 3 is 1.36 bits per heavy atom. The Morgan fingerprint density at radius 2 is 0.948 bits per heavy atom. The summed E-state index contributed by atoms with van der Waals surface area (Å²) in [6.45, 7) is 16.4. The molecule has 77 heavy (non-hydrogen) atoms. The van der Waals surface area contributed by atoms with Gasteiger partial charge in [0.05, 0.1) is 162 Å². The number of likely N-dealkylation sites (tertiary alicyclic amines) is 2. The van der Waals surface area contributed by atoms with Gasteiger partial charge in [-0.1, -0.05) is 78.9 Å². The molecule has 0 aromatic heterocycles. The molecule has 20 nitrogen and oxygen atoms in total. The van der Waals surface area contributed by atoms with Crippen LogP contribution in [0.4, 0.5) is 5.69 Å². The van der Waals surface area contributed by atoms with Crippen LogP contribution in [0.5, 0.6) is 0 Å². The number of amides is 1. The molecule has 1 N–H and O–H groups in total. The van der Waals surface area contributed by atoms with E-state index in [1.165, 1.54) is 11.6 Å². The molecule has 2 fully saturated rings. The first-order valence-corrected chi connectivity index (χ1v) is 26.9. The fraction of sp³-hybridized carbons (Fsp3) is 0.661. The first-order valence-electron chi connectivity index (χ1n) is 26.9. The molecule has 0 spiro atoms. The molecule has 1 amide bonds. The number of rotatable bonds is 43. The molecule has 4 atom stereocenters. The standard InChI is InChI=1S/C32H47N3O9.C24H42N2O6.ClH/c1-33(32(36)24-28-10-6-7-11-30(28)35(37)38)31(27-8-4-3-5-9-27)26-34-13-12-29(25-34)44-23-22-43-21-20-42-19-18-41-17-16-40-15-14-39-2;1-25-24(22-6-4-3-5-7-22)21-26-9-8-23(20-26)32-19-18-31-17-16-30-15-14-29-13-12-28-11-10-27-2;/h3-11,29,31H,12-26H2,1-2H3;3-7,23-25H,8-21H2,1-2H3;1H/t29-,31+;23-,24+;/m00./s1. The van der Waals surface area contributed by atoms with Crippen molar-refractivity contribution in [1.29, 1.82) is 0 Å². The Balaban J connectivity index is 0.000000420. The molecule has 2 aliphatic rings. The highest BCUT2D eigenvalue weighted by molar-refractivity contribution is 5.85. The summed E-state index contributed by atoms with van der Waals surface area (Å²) in [7, 11) is 7.09. The van der Waals surface area contributed by atoms with Gasteiger partial charge in [-0.3, -0.25) is 24.7 Å². The van der Waals surface area contributed by atoms with Crippen LogP contribution in [0, 0.1) is 10.1 Å². The van der Waals surface area contributed by atoms with E-state index in [1.807, 2.05) is 37.4 Å². The summed E-state index contributed by atoms with van der Waals surface area (Å²) >= 11 is 0. The van der Waals surface area contributed by atoms with Gasteiger partial charge in [0.2, 0.25) is 5.91 Å². The van der Waals surface area contributed by atoms with Crippen molar-refractivity contribution in [1.82, 2.24) is 20.0 Å². The first-order chi connectivity index (χ1) is 37.3. The van der Waals surface area contributed by atoms with Crippen molar-refractivity contribution in [3.63, 3.8) is 0 Å². The van der Waals surface area contributed by atoms with Crippen molar-refractivity contribution in [3.05, 3.63) is 112 Å². The third kappa shape index (κ3) is 29.9. The molecule has 21 heteroatoms. The van der Waals surface area contributed by atoms with Gasteiger partial charge in [-0.2, -0.15) is 0 Å². The number of nitro groups is 1. The van der Waals surface area contributed by atoms with Gasteiger partial charge in [-0.15, -0.1) is 12.4 Å². The molecule has 0 bridgehead atoms. The van der Waals surface area contributed by atoms with Crippen LogP contribution in [0.25, 0.3) is 0 Å². The molecule has 0 radical (unpaired) electrons. The highest BCUT2D eigenvalue weighted by atomic mass is 35.5. The van der Waals surface area contributed by atoms with Crippen molar-refractivity contribution in [2.45, 2.75) is 43.6 Å². The number of hydrogen-bond acceptors (Lipinski definition) is 18. The van der Waals surface area contributed by atoms with Gasteiger partial charge >= 0.3 is 0 Å². The molecule has 3 aromatic rings. The van der Waals surface area contributed by atoms with Crippen LogP contribution in [0.2, 0.25) is 0 Å². The van der Waals surface area contributed by atoms with Crippen molar-refractivity contribution in [3.8, 4) is 0 Å². The van der Waals surface area contributed by atoms with Crippen LogP contribution >= 0.6 is 12.4 Å². The van der Waals surface area contributed by atoms with Crippen molar-refractivity contribution >= 4 is 24.0 Å². The summed E-state index contributed by atoms with van der Waals surface area (Å²) in [6, 6.07) is 27.0. The topological polar surface area (TPSA) is 193 Å². The normalized spacial score (nSPS) is 16.4. The Bertz CT molecular complexity index is 1900. The van der Waals surface area contributed by atoms with E-state index in [2.05, 4.69) is 45.4 Å². The van der Waals surface area contributed by atoms with Gasteiger partial charge in [-0.05, 0) is 31.0 Å². The van der Waals surface area contributed by atoms with Crippen molar-refractivity contribution in [2.24, 2.45) is 0 Å². The second-order valence-corrected chi connectivity index (χ2v) is 18.2. The zero-order chi connectivity index (χ0) is 54.1.